The first kappa shape index (κ1) is 14.0. The van der Waals surface area contributed by atoms with Crippen LogP contribution in [0.5, 0.6) is 0 Å². The van der Waals surface area contributed by atoms with Gasteiger partial charge in [-0.2, -0.15) is 0 Å². The zero-order valence-electron chi connectivity index (χ0n) is 9.77. The summed E-state index contributed by atoms with van der Waals surface area (Å²) in [6, 6.07) is 3.62. The van der Waals surface area contributed by atoms with E-state index in [1.807, 2.05) is 22.6 Å². The van der Waals surface area contributed by atoms with Crippen molar-refractivity contribution in [3.8, 4) is 0 Å². The molecule has 1 aliphatic rings. The van der Waals surface area contributed by atoms with E-state index in [4.69, 9.17) is 5.11 Å². The Bertz CT molecular complexity index is 559. The summed E-state index contributed by atoms with van der Waals surface area (Å²) in [6.45, 7) is 0. The molecule has 0 aliphatic heterocycles. The fourth-order valence-electron chi connectivity index (χ4n) is 1.91. The fourth-order valence-corrected chi connectivity index (χ4v) is 2.63. The van der Waals surface area contributed by atoms with Crippen LogP contribution in [0.25, 0.3) is 0 Å². The quantitative estimate of drug-likeness (QED) is 0.629. The number of aliphatic carboxylic acids is 1. The number of benzene rings is 1. The van der Waals surface area contributed by atoms with Gasteiger partial charge in [0.1, 0.15) is 5.82 Å². The highest BCUT2D eigenvalue weighted by Crippen LogP contribution is 2.19. The van der Waals surface area contributed by atoms with Crippen LogP contribution in [-0.2, 0) is 4.79 Å². The summed E-state index contributed by atoms with van der Waals surface area (Å²) in [5.41, 5.74) is 0.383. The molecule has 1 aromatic carbocycles. The van der Waals surface area contributed by atoms with E-state index in [9.17, 15) is 14.0 Å². The lowest BCUT2D eigenvalue weighted by Crippen LogP contribution is -2.33. The molecule has 0 heterocycles. The molecular weight excluding hydrogens is 364 g/mol. The Morgan fingerprint density at radius 2 is 2.11 bits per heavy atom. The second-order valence-corrected chi connectivity index (χ2v) is 5.43. The van der Waals surface area contributed by atoms with E-state index in [0.717, 1.165) is 0 Å². The van der Waals surface area contributed by atoms with E-state index in [-0.39, 0.29) is 11.9 Å². The molecule has 0 spiro atoms. The maximum absolute atomic E-state index is 12.9. The van der Waals surface area contributed by atoms with Crippen molar-refractivity contribution in [1.29, 1.82) is 0 Å². The van der Waals surface area contributed by atoms with Gasteiger partial charge < -0.3 is 10.4 Å². The van der Waals surface area contributed by atoms with Gasteiger partial charge in [-0.15, -0.1) is 0 Å². The molecule has 100 valence electrons. The molecule has 4 nitrogen and oxygen atoms in total. The zero-order valence-corrected chi connectivity index (χ0v) is 11.9. The molecule has 0 fully saturated rings. The minimum atomic E-state index is -0.899. The zero-order chi connectivity index (χ0) is 14.0. The molecule has 0 bridgehead atoms. The van der Waals surface area contributed by atoms with Crippen LogP contribution in [0.4, 0.5) is 4.39 Å². The Balaban J connectivity index is 2.03. The SMILES string of the molecule is O=C(NC1C=CC(C(=O)O)C1)c1ccc(F)cc1I. The highest BCUT2D eigenvalue weighted by atomic mass is 127. The van der Waals surface area contributed by atoms with Crippen LogP contribution in [-0.4, -0.2) is 23.0 Å². The monoisotopic (exact) mass is 375 g/mol. The smallest absolute Gasteiger partial charge is 0.310 e. The van der Waals surface area contributed by atoms with E-state index in [1.165, 1.54) is 18.2 Å². The maximum atomic E-state index is 12.9. The number of carbonyl (C=O) groups excluding carboxylic acids is 1. The Hall–Kier alpha value is -1.44. The number of amides is 1. The summed E-state index contributed by atoms with van der Waals surface area (Å²) in [4.78, 5) is 22.8. The van der Waals surface area contributed by atoms with Crippen molar-refractivity contribution in [3.05, 3.63) is 45.3 Å². The largest absolute Gasteiger partial charge is 0.481 e. The molecule has 1 aliphatic carbocycles. The summed E-state index contributed by atoms with van der Waals surface area (Å²) < 4.78 is 13.5. The minimum Gasteiger partial charge on any atom is -0.481 e. The molecule has 0 radical (unpaired) electrons. The third-order valence-corrected chi connectivity index (χ3v) is 3.79. The van der Waals surface area contributed by atoms with Crippen LogP contribution in [0, 0.1) is 15.3 Å². The van der Waals surface area contributed by atoms with E-state index in [1.54, 1.807) is 12.2 Å². The second kappa shape index (κ2) is 5.68. The molecule has 1 aromatic rings. The first-order valence-corrected chi connectivity index (χ1v) is 6.72. The minimum absolute atomic E-state index is 0.297. The van der Waals surface area contributed by atoms with Gasteiger partial charge in [-0.05, 0) is 47.2 Å². The van der Waals surface area contributed by atoms with Crippen molar-refractivity contribution in [3.63, 3.8) is 0 Å². The molecule has 0 aromatic heterocycles. The van der Waals surface area contributed by atoms with Gasteiger partial charge in [0.15, 0.2) is 0 Å². The molecule has 6 heteroatoms. The van der Waals surface area contributed by atoms with Gasteiger partial charge >= 0.3 is 5.97 Å². The van der Waals surface area contributed by atoms with Gasteiger partial charge in [0.05, 0.1) is 11.5 Å². The number of hydrogen-bond donors (Lipinski definition) is 2. The summed E-state index contributed by atoms with van der Waals surface area (Å²) in [7, 11) is 0. The van der Waals surface area contributed by atoms with Gasteiger partial charge in [-0.1, -0.05) is 12.2 Å². The van der Waals surface area contributed by atoms with E-state index in [2.05, 4.69) is 5.32 Å². The molecular formula is C13H11FINO3. The van der Waals surface area contributed by atoms with Crippen molar-refractivity contribution >= 4 is 34.5 Å². The summed E-state index contributed by atoms with van der Waals surface area (Å²) in [6.07, 6.45) is 3.59. The summed E-state index contributed by atoms with van der Waals surface area (Å²) in [5.74, 6) is -2.18. The van der Waals surface area contributed by atoms with Crippen LogP contribution >= 0.6 is 22.6 Å². The summed E-state index contributed by atoms with van der Waals surface area (Å²) in [5, 5.41) is 11.6. The molecule has 2 atom stereocenters. The van der Waals surface area contributed by atoms with Crippen LogP contribution in [0.15, 0.2) is 30.4 Å². The third-order valence-electron chi connectivity index (χ3n) is 2.89. The molecule has 1 amide bonds. The van der Waals surface area contributed by atoms with Crippen LogP contribution < -0.4 is 5.32 Å². The van der Waals surface area contributed by atoms with E-state index in [0.29, 0.717) is 15.6 Å². The fraction of sp³-hybridized carbons (Fsp3) is 0.231. The van der Waals surface area contributed by atoms with Crippen LogP contribution in [0.2, 0.25) is 0 Å². The molecule has 2 unspecified atom stereocenters. The standard InChI is InChI=1S/C13H11FINO3/c14-8-2-4-10(11(15)6-8)12(17)16-9-3-1-7(5-9)13(18)19/h1-4,6-7,9H,5H2,(H,16,17)(H,18,19). The van der Waals surface area contributed by atoms with Crippen molar-refractivity contribution in [2.24, 2.45) is 5.92 Å². The van der Waals surface area contributed by atoms with Crippen LogP contribution in [0.3, 0.4) is 0 Å². The number of halogens is 2. The highest BCUT2D eigenvalue weighted by molar-refractivity contribution is 14.1. The van der Waals surface area contributed by atoms with Gasteiger partial charge in [0, 0.05) is 9.61 Å². The third kappa shape index (κ3) is 3.31. The predicted molar refractivity (Wildman–Crippen MR) is 75.3 cm³/mol. The molecule has 2 N–H and O–H groups in total. The van der Waals surface area contributed by atoms with Gasteiger partial charge in [0.2, 0.25) is 0 Å². The summed E-state index contributed by atoms with van der Waals surface area (Å²) >= 11 is 1.89. The van der Waals surface area contributed by atoms with Gasteiger partial charge in [-0.25, -0.2) is 4.39 Å². The van der Waals surface area contributed by atoms with Crippen molar-refractivity contribution in [2.45, 2.75) is 12.5 Å². The van der Waals surface area contributed by atoms with E-state index >= 15 is 0 Å². The molecule has 0 saturated carbocycles. The number of hydrogen-bond acceptors (Lipinski definition) is 2. The average Bonchev–Trinajstić information content (AvgIpc) is 2.77. The number of carboxylic acids is 1. The average molecular weight is 375 g/mol. The van der Waals surface area contributed by atoms with Crippen molar-refractivity contribution in [2.75, 3.05) is 0 Å². The number of carboxylic acid groups (broad SMARTS) is 1. The lowest BCUT2D eigenvalue weighted by atomic mass is 10.1. The normalized spacial score (nSPS) is 21.4. The Kier molecular flexibility index (Phi) is 4.18. The van der Waals surface area contributed by atoms with Crippen LogP contribution in [0.1, 0.15) is 16.8 Å². The van der Waals surface area contributed by atoms with Crippen molar-refractivity contribution < 1.29 is 19.1 Å². The predicted octanol–water partition coefficient (Wildman–Crippen LogP) is 2.19. The van der Waals surface area contributed by atoms with Gasteiger partial charge in [-0.3, -0.25) is 9.59 Å². The number of carbonyl (C=O) groups is 2. The van der Waals surface area contributed by atoms with Gasteiger partial charge in [0.25, 0.3) is 5.91 Å². The Labute approximate surface area is 122 Å². The second-order valence-electron chi connectivity index (χ2n) is 4.27. The van der Waals surface area contributed by atoms with E-state index < -0.39 is 17.7 Å². The molecule has 0 saturated heterocycles. The van der Waals surface area contributed by atoms with Crippen molar-refractivity contribution in [1.82, 2.24) is 5.32 Å². The number of rotatable bonds is 3. The number of nitrogens with one attached hydrogen (secondary N) is 1. The Morgan fingerprint density at radius 3 is 2.68 bits per heavy atom. The highest BCUT2D eigenvalue weighted by Gasteiger charge is 2.26. The Morgan fingerprint density at radius 1 is 1.37 bits per heavy atom. The lowest BCUT2D eigenvalue weighted by molar-refractivity contribution is -0.140. The first-order valence-electron chi connectivity index (χ1n) is 5.64. The first-order chi connectivity index (χ1) is 8.97. The molecule has 2 rings (SSSR count). The molecule has 19 heavy (non-hydrogen) atoms. The lowest BCUT2D eigenvalue weighted by Gasteiger charge is -2.13. The maximum Gasteiger partial charge on any atom is 0.310 e. The topological polar surface area (TPSA) is 66.4 Å².